The van der Waals surface area contributed by atoms with E-state index >= 15 is 0 Å². The second-order valence-electron chi connectivity index (χ2n) is 3.81. The van der Waals surface area contributed by atoms with Crippen LogP contribution in [0.4, 0.5) is 0 Å². The van der Waals surface area contributed by atoms with Crippen LogP contribution in [0.1, 0.15) is 17.7 Å². The summed E-state index contributed by atoms with van der Waals surface area (Å²) < 4.78 is 5.56. The third-order valence-corrected chi connectivity index (χ3v) is 2.47. The quantitative estimate of drug-likeness (QED) is 0.609. The molecule has 2 aromatic rings. The number of nitrogens with one attached hydrogen (secondary N) is 2. The summed E-state index contributed by atoms with van der Waals surface area (Å²) in [6, 6.07) is 3.87. The lowest BCUT2D eigenvalue weighted by Crippen LogP contribution is -2.14. The van der Waals surface area contributed by atoms with Crippen LogP contribution in [-0.4, -0.2) is 16.7 Å². The van der Waals surface area contributed by atoms with Gasteiger partial charge >= 0.3 is 0 Å². The monoisotopic (exact) mass is 229 g/mol. The SMILES string of the molecule is C#CCCNCc1cn[nH]c1-c1ccc(C)o1. The van der Waals surface area contributed by atoms with Gasteiger partial charge in [0.2, 0.25) is 0 Å². The minimum Gasteiger partial charge on any atom is -0.460 e. The first kappa shape index (κ1) is 11.5. The van der Waals surface area contributed by atoms with Crippen molar-refractivity contribution in [3.8, 4) is 23.8 Å². The number of terminal acetylenes is 1. The number of rotatable bonds is 5. The topological polar surface area (TPSA) is 53.9 Å². The first-order chi connectivity index (χ1) is 8.31. The fraction of sp³-hybridized carbons (Fsp3) is 0.308. The van der Waals surface area contributed by atoms with Crippen molar-refractivity contribution in [3.63, 3.8) is 0 Å². The summed E-state index contributed by atoms with van der Waals surface area (Å²) in [7, 11) is 0. The van der Waals surface area contributed by atoms with Gasteiger partial charge in [-0.3, -0.25) is 5.10 Å². The molecule has 0 radical (unpaired) electrons. The molecule has 0 saturated heterocycles. The average molecular weight is 229 g/mol. The lowest BCUT2D eigenvalue weighted by molar-refractivity contribution is 0.545. The van der Waals surface area contributed by atoms with Crippen LogP contribution in [0.2, 0.25) is 0 Å². The molecular weight excluding hydrogens is 214 g/mol. The minimum atomic E-state index is 0.729. The van der Waals surface area contributed by atoms with E-state index in [4.69, 9.17) is 10.8 Å². The highest BCUT2D eigenvalue weighted by molar-refractivity contribution is 5.56. The fourth-order valence-electron chi connectivity index (χ4n) is 1.61. The molecule has 88 valence electrons. The summed E-state index contributed by atoms with van der Waals surface area (Å²) in [6.45, 7) is 3.45. The van der Waals surface area contributed by atoms with E-state index in [2.05, 4.69) is 21.4 Å². The van der Waals surface area contributed by atoms with Crippen LogP contribution >= 0.6 is 0 Å². The van der Waals surface area contributed by atoms with Gasteiger partial charge in [0.15, 0.2) is 5.76 Å². The molecule has 0 spiro atoms. The van der Waals surface area contributed by atoms with E-state index in [1.165, 1.54) is 0 Å². The minimum absolute atomic E-state index is 0.729. The van der Waals surface area contributed by atoms with E-state index in [1.807, 2.05) is 19.1 Å². The van der Waals surface area contributed by atoms with Crippen LogP contribution in [0, 0.1) is 19.3 Å². The van der Waals surface area contributed by atoms with Gasteiger partial charge in [-0.25, -0.2) is 0 Å². The number of hydrogen-bond acceptors (Lipinski definition) is 3. The number of aromatic amines is 1. The molecule has 2 aromatic heterocycles. The second kappa shape index (κ2) is 5.37. The molecule has 0 unspecified atom stereocenters. The molecule has 2 rings (SSSR count). The van der Waals surface area contributed by atoms with Gasteiger partial charge in [-0.1, -0.05) is 0 Å². The smallest absolute Gasteiger partial charge is 0.152 e. The Labute approximate surface area is 100 Å². The zero-order valence-corrected chi connectivity index (χ0v) is 9.79. The summed E-state index contributed by atoms with van der Waals surface area (Å²) in [5.41, 5.74) is 2.00. The molecule has 17 heavy (non-hydrogen) atoms. The van der Waals surface area contributed by atoms with E-state index in [1.54, 1.807) is 6.20 Å². The van der Waals surface area contributed by atoms with Crippen molar-refractivity contribution in [2.24, 2.45) is 0 Å². The Morgan fingerprint density at radius 1 is 1.53 bits per heavy atom. The Kier molecular flexibility index (Phi) is 3.63. The van der Waals surface area contributed by atoms with Crippen molar-refractivity contribution in [2.45, 2.75) is 19.9 Å². The average Bonchev–Trinajstić information content (AvgIpc) is 2.93. The molecule has 0 amide bonds. The Morgan fingerprint density at radius 2 is 2.41 bits per heavy atom. The molecule has 0 saturated carbocycles. The van der Waals surface area contributed by atoms with Crippen molar-refractivity contribution in [1.29, 1.82) is 0 Å². The molecule has 0 bridgehead atoms. The van der Waals surface area contributed by atoms with Gasteiger partial charge in [-0.15, -0.1) is 12.3 Å². The van der Waals surface area contributed by atoms with Gasteiger partial charge < -0.3 is 9.73 Å². The van der Waals surface area contributed by atoms with E-state index in [0.717, 1.165) is 42.3 Å². The van der Waals surface area contributed by atoms with Crippen molar-refractivity contribution in [2.75, 3.05) is 6.54 Å². The van der Waals surface area contributed by atoms with Crippen LogP contribution in [0.15, 0.2) is 22.7 Å². The van der Waals surface area contributed by atoms with Crippen LogP contribution in [0.25, 0.3) is 11.5 Å². The summed E-state index contributed by atoms with van der Waals surface area (Å²) in [5, 5.41) is 10.3. The van der Waals surface area contributed by atoms with Gasteiger partial charge in [-0.2, -0.15) is 5.10 Å². The lowest BCUT2D eigenvalue weighted by atomic mass is 10.2. The van der Waals surface area contributed by atoms with Gasteiger partial charge in [0.1, 0.15) is 11.5 Å². The summed E-state index contributed by atoms with van der Waals surface area (Å²) in [5.74, 6) is 4.30. The summed E-state index contributed by atoms with van der Waals surface area (Å²) >= 11 is 0. The van der Waals surface area contributed by atoms with Crippen LogP contribution in [0.3, 0.4) is 0 Å². The number of nitrogens with zero attached hydrogens (tertiary/aromatic N) is 1. The third-order valence-electron chi connectivity index (χ3n) is 2.47. The number of aromatic nitrogens is 2. The van der Waals surface area contributed by atoms with Gasteiger partial charge in [0, 0.05) is 25.1 Å². The highest BCUT2D eigenvalue weighted by atomic mass is 16.3. The number of aryl methyl sites for hydroxylation is 1. The van der Waals surface area contributed by atoms with Crippen LogP contribution in [-0.2, 0) is 6.54 Å². The Balaban J connectivity index is 2.05. The van der Waals surface area contributed by atoms with E-state index in [0.29, 0.717) is 0 Å². The molecule has 0 aromatic carbocycles. The molecule has 2 N–H and O–H groups in total. The highest BCUT2D eigenvalue weighted by Gasteiger charge is 2.10. The molecule has 0 aliphatic rings. The van der Waals surface area contributed by atoms with Crippen LogP contribution < -0.4 is 5.32 Å². The predicted octanol–water partition coefficient (Wildman–Crippen LogP) is 2.09. The maximum Gasteiger partial charge on any atom is 0.152 e. The summed E-state index contributed by atoms with van der Waals surface area (Å²) in [4.78, 5) is 0. The van der Waals surface area contributed by atoms with Crippen LogP contribution in [0.5, 0.6) is 0 Å². The van der Waals surface area contributed by atoms with Crippen molar-refractivity contribution in [3.05, 3.63) is 29.7 Å². The molecule has 4 heteroatoms. The molecule has 0 fully saturated rings. The fourth-order valence-corrected chi connectivity index (χ4v) is 1.61. The van der Waals surface area contributed by atoms with E-state index in [-0.39, 0.29) is 0 Å². The number of hydrogen-bond donors (Lipinski definition) is 2. The third kappa shape index (κ3) is 2.77. The van der Waals surface area contributed by atoms with Crippen molar-refractivity contribution < 1.29 is 4.42 Å². The molecule has 0 atom stereocenters. The highest BCUT2D eigenvalue weighted by Crippen LogP contribution is 2.22. The number of H-pyrrole nitrogens is 1. The molecule has 2 heterocycles. The molecule has 0 aliphatic carbocycles. The summed E-state index contributed by atoms with van der Waals surface area (Å²) in [6.07, 6.45) is 7.72. The first-order valence-corrected chi connectivity index (χ1v) is 5.54. The molecule has 0 aliphatic heterocycles. The normalized spacial score (nSPS) is 10.4. The van der Waals surface area contributed by atoms with Gasteiger partial charge in [0.25, 0.3) is 0 Å². The maximum absolute atomic E-state index is 5.56. The Hall–Kier alpha value is -1.99. The Morgan fingerprint density at radius 3 is 3.12 bits per heavy atom. The molecule has 4 nitrogen and oxygen atoms in total. The second-order valence-corrected chi connectivity index (χ2v) is 3.81. The Bertz CT molecular complexity index is 519. The van der Waals surface area contributed by atoms with Gasteiger partial charge in [0.05, 0.1) is 6.20 Å². The standard InChI is InChI=1S/C13H15N3O/c1-3-4-7-14-8-11-9-15-16-13(11)12-6-5-10(2)17-12/h1,5-6,9,14H,4,7-8H2,2H3,(H,15,16). The number of furan rings is 1. The zero-order chi connectivity index (χ0) is 12.1. The van der Waals surface area contributed by atoms with Crippen molar-refractivity contribution >= 4 is 0 Å². The van der Waals surface area contributed by atoms with E-state index < -0.39 is 0 Å². The first-order valence-electron chi connectivity index (χ1n) is 5.54. The van der Waals surface area contributed by atoms with Gasteiger partial charge in [-0.05, 0) is 19.1 Å². The van der Waals surface area contributed by atoms with Crippen molar-refractivity contribution in [1.82, 2.24) is 15.5 Å². The molecular formula is C13H15N3O. The lowest BCUT2D eigenvalue weighted by Gasteiger charge is -2.02. The predicted molar refractivity (Wildman–Crippen MR) is 66.2 cm³/mol. The largest absolute Gasteiger partial charge is 0.460 e. The zero-order valence-electron chi connectivity index (χ0n) is 9.79. The maximum atomic E-state index is 5.56. The van der Waals surface area contributed by atoms with E-state index in [9.17, 15) is 0 Å².